The molecular formula is C26H31N3O4. The third-order valence-corrected chi connectivity index (χ3v) is 7.14. The summed E-state index contributed by atoms with van der Waals surface area (Å²) >= 11 is 0. The topological polar surface area (TPSA) is 91.8 Å². The number of rotatable bonds is 8. The number of nitrogens with zero attached hydrogens (tertiary/aromatic N) is 2. The van der Waals surface area contributed by atoms with Crippen LogP contribution in [0.4, 0.5) is 5.82 Å². The van der Waals surface area contributed by atoms with Gasteiger partial charge in [0.15, 0.2) is 0 Å². The molecule has 1 aromatic heterocycles. The number of carbonyl (C=O) groups is 2. The highest BCUT2D eigenvalue weighted by Crippen LogP contribution is 2.36. The number of nitrogens with one attached hydrogen (secondary N) is 1. The number of fused-ring (bicyclic) bond motifs is 2. The van der Waals surface area contributed by atoms with Crippen molar-refractivity contribution in [1.82, 2.24) is 9.88 Å². The maximum absolute atomic E-state index is 13.2. The zero-order valence-electron chi connectivity index (χ0n) is 18.9. The Morgan fingerprint density at radius 3 is 3.00 bits per heavy atom. The van der Waals surface area contributed by atoms with Crippen molar-refractivity contribution in [3.63, 3.8) is 0 Å². The number of aromatic nitrogens is 1. The van der Waals surface area contributed by atoms with Crippen LogP contribution in [0.1, 0.15) is 60.5 Å². The highest BCUT2D eigenvalue weighted by Gasteiger charge is 2.37. The van der Waals surface area contributed by atoms with E-state index in [1.54, 1.807) is 4.90 Å². The normalized spacial score (nSPS) is 20.1. The van der Waals surface area contributed by atoms with Gasteiger partial charge in [-0.3, -0.25) is 9.59 Å². The number of ether oxygens (including phenoxy) is 1. The summed E-state index contributed by atoms with van der Waals surface area (Å²) < 4.78 is 5.67. The fraction of sp³-hybridized carbons (Fsp3) is 0.500. The van der Waals surface area contributed by atoms with E-state index >= 15 is 0 Å². The van der Waals surface area contributed by atoms with Crippen LogP contribution in [0.25, 0.3) is 0 Å². The number of hydrogen-bond acceptors (Lipinski definition) is 5. The quantitative estimate of drug-likeness (QED) is 0.638. The fourth-order valence-electron chi connectivity index (χ4n) is 5.34. The van der Waals surface area contributed by atoms with E-state index in [1.165, 1.54) is 5.56 Å². The van der Waals surface area contributed by atoms with E-state index < -0.39 is 12.0 Å². The van der Waals surface area contributed by atoms with Crippen LogP contribution in [-0.2, 0) is 28.9 Å². The average Bonchev–Trinajstić information content (AvgIpc) is 3.43. The summed E-state index contributed by atoms with van der Waals surface area (Å²) in [5, 5.41) is 12.9. The first-order valence-corrected chi connectivity index (χ1v) is 12.1. The number of hydrogen-bond donors (Lipinski definition) is 2. The Hall–Kier alpha value is -3.09. The first-order chi connectivity index (χ1) is 16.1. The average molecular weight is 450 g/mol. The fourth-order valence-corrected chi connectivity index (χ4v) is 5.34. The lowest BCUT2D eigenvalue weighted by atomic mass is 9.98. The van der Waals surface area contributed by atoms with Gasteiger partial charge in [-0.05, 0) is 67.3 Å². The molecule has 174 valence electrons. The van der Waals surface area contributed by atoms with Gasteiger partial charge in [-0.2, -0.15) is 0 Å². The standard InChI is InChI=1S/C26H31N3O4/c30-24(31)16-22(20-7-6-17-11-14-33-23(17)15-20)29-13-10-19(26(29)32)3-1-5-21-9-8-18-4-2-12-27-25(18)28-21/h6-9,15,19,22H,1-5,10-14,16H2,(H,27,28)(H,30,31)/t19-,22+/m1/s1. The van der Waals surface area contributed by atoms with Crippen LogP contribution in [0.2, 0.25) is 0 Å². The zero-order chi connectivity index (χ0) is 22.8. The molecule has 0 aliphatic carbocycles. The van der Waals surface area contributed by atoms with Crippen LogP contribution >= 0.6 is 0 Å². The van der Waals surface area contributed by atoms with E-state index in [0.29, 0.717) is 13.2 Å². The molecule has 7 nitrogen and oxygen atoms in total. The molecule has 1 aromatic carbocycles. The van der Waals surface area contributed by atoms with E-state index in [1.807, 2.05) is 18.2 Å². The molecule has 1 saturated heterocycles. The summed E-state index contributed by atoms with van der Waals surface area (Å²) in [6, 6.07) is 9.70. The maximum atomic E-state index is 13.2. The van der Waals surface area contributed by atoms with Crippen LogP contribution in [-0.4, -0.2) is 46.6 Å². The number of benzene rings is 1. The van der Waals surface area contributed by atoms with Crippen molar-refractivity contribution in [3.05, 3.63) is 52.7 Å². The van der Waals surface area contributed by atoms with E-state index in [0.717, 1.165) is 79.9 Å². The summed E-state index contributed by atoms with van der Waals surface area (Å²) in [6.07, 6.45) is 6.32. The van der Waals surface area contributed by atoms with Crippen molar-refractivity contribution in [2.75, 3.05) is 25.0 Å². The van der Waals surface area contributed by atoms with Crippen LogP contribution in [0.3, 0.4) is 0 Å². The number of anilines is 1. The number of likely N-dealkylation sites (tertiary alicyclic amines) is 1. The summed E-state index contributed by atoms with van der Waals surface area (Å²) in [4.78, 5) is 31.4. The van der Waals surface area contributed by atoms with Crippen molar-refractivity contribution in [3.8, 4) is 5.75 Å². The van der Waals surface area contributed by atoms with Crippen molar-refractivity contribution in [1.29, 1.82) is 0 Å². The van der Waals surface area contributed by atoms with Crippen LogP contribution in [0.15, 0.2) is 30.3 Å². The van der Waals surface area contributed by atoms with E-state index in [2.05, 4.69) is 17.4 Å². The van der Waals surface area contributed by atoms with Gasteiger partial charge in [0.25, 0.3) is 0 Å². The monoisotopic (exact) mass is 449 g/mol. The number of carboxylic acid groups (broad SMARTS) is 1. The third-order valence-electron chi connectivity index (χ3n) is 7.14. The lowest BCUT2D eigenvalue weighted by Gasteiger charge is -2.28. The minimum Gasteiger partial charge on any atom is -0.493 e. The highest BCUT2D eigenvalue weighted by molar-refractivity contribution is 5.82. The lowest BCUT2D eigenvalue weighted by molar-refractivity contribution is -0.140. The van der Waals surface area contributed by atoms with E-state index in [-0.39, 0.29) is 18.2 Å². The summed E-state index contributed by atoms with van der Waals surface area (Å²) in [7, 11) is 0. The molecule has 3 aliphatic rings. The van der Waals surface area contributed by atoms with Gasteiger partial charge >= 0.3 is 5.97 Å². The van der Waals surface area contributed by atoms with Gasteiger partial charge < -0.3 is 20.1 Å². The second-order valence-corrected chi connectivity index (χ2v) is 9.33. The number of carboxylic acids is 1. The molecule has 0 bridgehead atoms. The molecule has 2 N–H and O–H groups in total. The van der Waals surface area contributed by atoms with E-state index in [4.69, 9.17) is 9.72 Å². The number of aliphatic carboxylic acids is 1. The summed E-state index contributed by atoms with van der Waals surface area (Å²) in [6.45, 7) is 2.23. The predicted molar refractivity (Wildman–Crippen MR) is 124 cm³/mol. The van der Waals surface area contributed by atoms with E-state index in [9.17, 15) is 14.7 Å². The van der Waals surface area contributed by atoms with Crippen molar-refractivity contribution < 1.29 is 19.4 Å². The minimum absolute atomic E-state index is 0.0530. The second-order valence-electron chi connectivity index (χ2n) is 9.33. The summed E-state index contributed by atoms with van der Waals surface area (Å²) in [5.74, 6) is 0.949. The number of aryl methyl sites for hydroxylation is 2. The zero-order valence-corrected chi connectivity index (χ0v) is 18.9. The van der Waals surface area contributed by atoms with Crippen molar-refractivity contribution >= 4 is 17.7 Å². The van der Waals surface area contributed by atoms with Gasteiger partial charge in [0.1, 0.15) is 11.6 Å². The van der Waals surface area contributed by atoms with Gasteiger partial charge in [0.2, 0.25) is 5.91 Å². The van der Waals surface area contributed by atoms with Crippen molar-refractivity contribution in [2.45, 2.75) is 57.4 Å². The van der Waals surface area contributed by atoms with Gasteiger partial charge in [-0.15, -0.1) is 0 Å². The molecule has 2 aromatic rings. The SMILES string of the molecule is O=C(O)C[C@@H](c1ccc2c(c1)OCC2)N1CC[C@@H](CCCc2ccc3c(n2)NCCC3)C1=O. The van der Waals surface area contributed by atoms with Gasteiger partial charge in [0, 0.05) is 31.1 Å². The van der Waals surface area contributed by atoms with Crippen LogP contribution in [0.5, 0.6) is 5.75 Å². The molecule has 0 radical (unpaired) electrons. The van der Waals surface area contributed by atoms with Gasteiger partial charge in [0.05, 0.1) is 19.1 Å². The molecule has 3 aliphatic heterocycles. The molecular weight excluding hydrogens is 418 g/mol. The highest BCUT2D eigenvalue weighted by atomic mass is 16.5. The Labute approximate surface area is 194 Å². The predicted octanol–water partition coefficient (Wildman–Crippen LogP) is 3.76. The van der Waals surface area contributed by atoms with Gasteiger partial charge in [-0.1, -0.05) is 18.2 Å². The minimum atomic E-state index is -0.898. The van der Waals surface area contributed by atoms with Crippen LogP contribution in [0, 0.1) is 5.92 Å². The largest absolute Gasteiger partial charge is 0.493 e. The Morgan fingerprint density at radius 1 is 1.24 bits per heavy atom. The molecule has 0 unspecified atom stereocenters. The first-order valence-electron chi connectivity index (χ1n) is 12.1. The molecule has 33 heavy (non-hydrogen) atoms. The van der Waals surface area contributed by atoms with Crippen molar-refractivity contribution in [2.24, 2.45) is 5.92 Å². The Kier molecular flexibility index (Phi) is 6.20. The number of carbonyl (C=O) groups excluding carboxylic acids is 1. The molecule has 7 heteroatoms. The number of pyridine rings is 1. The number of amides is 1. The van der Waals surface area contributed by atoms with Crippen LogP contribution < -0.4 is 10.1 Å². The third kappa shape index (κ3) is 4.68. The molecule has 0 spiro atoms. The Balaban J connectivity index is 1.22. The molecule has 0 saturated carbocycles. The molecule has 1 fully saturated rings. The molecule has 2 atom stereocenters. The Morgan fingerprint density at radius 2 is 2.12 bits per heavy atom. The molecule has 5 rings (SSSR count). The summed E-state index contributed by atoms with van der Waals surface area (Å²) in [5.41, 5.74) is 4.34. The first kappa shape index (κ1) is 21.7. The smallest absolute Gasteiger partial charge is 0.305 e. The second kappa shape index (κ2) is 9.41. The Bertz CT molecular complexity index is 1050. The van der Waals surface area contributed by atoms with Gasteiger partial charge in [-0.25, -0.2) is 4.98 Å². The molecule has 1 amide bonds. The lowest BCUT2D eigenvalue weighted by Crippen LogP contribution is -2.33. The molecule has 4 heterocycles. The maximum Gasteiger partial charge on any atom is 0.305 e.